The summed E-state index contributed by atoms with van der Waals surface area (Å²) >= 11 is 3.24. The van der Waals surface area contributed by atoms with Crippen molar-refractivity contribution in [3.63, 3.8) is 0 Å². The average molecular weight is 646 g/mol. The van der Waals surface area contributed by atoms with Crippen molar-refractivity contribution in [2.45, 2.75) is 18.8 Å². The molecule has 10 heteroatoms. The van der Waals surface area contributed by atoms with E-state index in [1.165, 1.54) is 24.2 Å². The van der Waals surface area contributed by atoms with Gasteiger partial charge in [-0.1, -0.05) is 11.6 Å². The van der Waals surface area contributed by atoms with E-state index < -0.39 is 23.7 Å². The number of ketones is 2. The van der Waals surface area contributed by atoms with Gasteiger partial charge in [0.1, 0.15) is 11.5 Å². The summed E-state index contributed by atoms with van der Waals surface area (Å²) in [6.45, 7) is 2.85. The number of phenolic OH excluding ortho intramolecular Hbond substituents is 1. The van der Waals surface area contributed by atoms with Crippen LogP contribution in [0.3, 0.4) is 0 Å². The number of methoxy groups -OCH3 is 1. The SMILES string of the molecule is COc1ccc(O)c(C2C3=CCC4C(=O)N(c5ccc(N6CCOCC6)cc5)C(=O)C4C3CC3=C2C(=O)C=C(Br)C3=O)c1. The van der Waals surface area contributed by atoms with Gasteiger partial charge in [0, 0.05) is 47.5 Å². The molecule has 2 aliphatic heterocycles. The third-order valence-electron chi connectivity index (χ3n) is 9.36. The Morgan fingerprint density at radius 2 is 1.67 bits per heavy atom. The number of carbonyl (C=O) groups is 4. The lowest BCUT2D eigenvalue weighted by molar-refractivity contribution is -0.123. The van der Waals surface area contributed by atoms with Gasteiger partial charge >= 0.3 is 0 Å². The highest BCUT2D eigenvalue weighted by molar-refractivity contribution is 9.12. The maximum atomic E-state index is 14.2. The van der Waals surface area contributed by atoms with Crippen LogP contribution in [-0.2, 0) is 23.9 Å². The van der Waals surface area contributed by atoms with Crippen LogP contribution in [0.5, 0.6) is 11.5 Å². The molecule has 3 aliphatic carbocycles. The number of ether oxygens (including phenoxy) is 2. The first-order valence-electron chi connectivity index (χ1n) is 14.3. The molecule has 2 saturated heterocycles. The van der Waals surface area contributed by atoms with Crippen LogP contribution in [0.2, 0.25) is 0 Å². The number of amides is 2. The third-order valence-corrected chi connectivity index (χ3v) is 9.95. The van der Waals surface area contributed by atoms with E-state index in [4.69, 9.17) is 9.47 Å². The number of Topliss-reactive ketones (excluding diaryl/α,β-unsaturated/α-hetero) is 1. The standard InChI is InChI=1S/C33H29BrN2O7/c1-42-19-6-9-26(37)23(14-19)28-20-7-8-21-29(22(20)15-24-30(28)27(38)16-25(34)31(24)39)33(41)36(32(21)40)18-4-2-17(3-5-18)35-10-12-43-13-11-35/h2-7,9,14,16,21-22,28-29,37H,8,10-13,15H2,1H3. The van der Waals surface area contributed by atoms with Crippen LogP contribution in [0.1, 0.15) is 24.3 Å². The molecule has 5 aliphatic rings. The summed E-state index contributed by atoms with van der Waals surface area (Å²) < 4.78 is 11.0. The molecule has 2 aromatic carbocycles. The lowest BCUT2D eigenvalue weighted by Gasteiger charge is -2.42. The Balaban J connectivity index is 1.28. The van der Waals surface area contributed by atoms with E-state index in [1.54, 1.807) is 24.3 Å². The van der Waals surface area contributed by atoms with Crippen LogP contribution in [0.4, 0.5) is 11.4 Å². The normalized spacial score (nSPS) is 27.0. The predicted octanol–water partition coefficient (Wildman–Crippen LogP) is 4.20. The molecule has 2 amide bonds. The minimum atomic E-state index is -0.761. The van der Waals surface area contributed by atoms with Gasteiger partial charge in [-0.15, -0.1) is 0 Å². The van der Waals surface area contributed by atoms with E-state index in [1.807, 2.05) is 18.2 Å². The molecule has 2 fully saturated rings. The predicted molar refractivity (Wildman–Crippen MR) is 161 cm³/mol. The Labute approximate surface area is 256 Å². The van der Waals surface area contributed by atoms with E-state index in [9.17, 15) is 24.3 Å². The monoisotopic (exact) mass is 644 g/mol. The smallest absolute Gasteiger partial charge is 0.238 e. The van der Waals surface area contributed by atoms with Crippen LogP contribution >= 0.6 is 15.9 Å². The zero-order chi connectivity index (χ0) is 30.0. The first kappa shape index (κ1) is 27.8. The van der Waals surface area contributed by atoms with E-state index in [-0.39, 0.29) is 40.0 Å². The zero-order valence-corrected chi connectivity index (χ0v) is 25.0. The summed E-state index contributed by atoms with van der Waals surface area (Å²) in [5, 5.41) is 11.0. The molecular weight excluding hydrogens is 616 g/mol. The Bertz CT molecular complexity index is 1670. The summed E-state index contributed by atoms with van der Waals surface area (Å²) in [5.41, 5.74) is 3.30. The van der Waals surface area contributed by atoms with Crippen molar-refractivity contribution in [2.24, 2.45) is 17.8 Å². The van der Waals surface area contributed by atoms with Gasteiger partial charge in [0.2, 0.25) is 11.8 Å². The summed E-state index contributed by atoms with van der Waals surface area (Å²) in [7, 11) is 1.51. The Kier molecular flexibility index (Phi) is 6.85. The van der Waals surface area contributed by atoms with Crippen LogP contribution in [0.25, 0.3) is 0 Å². The zero-order valence-electron chi connectivity index (χ0n) is 23.4. The highest BCUT2D eigenvalue weighted by atomic mass is 79.9. The number of phenols is 1. The number of allylic oxidation sites excluding steroid dienone is 6. The fraction of sp³-hybridized carbons (Fsp3) is 0.333. The van der Waals surface area contributed by atoms with Crippen molar-refractivity contribution in [3.05, 3.63) is 81.4 Å². The van der Waals surface area contributed by atoms with Crippen molar-refractivity contribution in [1.82, 2.24) is 0 Å². The Morgan fingerprint density at radius 1 is 0.953 bits per heavy atom. The molecule has 43 heavy (non-hydrogen) atoms. The number of hydrogen-bond donors (Lipinski definition) is 1. The second-order valence-electron chi connectivity index (χ2n) is 11.4. The number of carbonyl (C=O) groups excluding carboxylic acids is 4. The number of imide groups is 1. The fourth-order valence-corrected chi connectivity index (χ4v) is 7.79. The second-order valence-corrected chi connectivity index (χ2v) is 12.3. The first-order valence-corrected chi connectivity index (χ1v) is 15.1. The molecule has 4 atom stereocenters. The molecule has 2 heterocycles. The van der Waals surface area contributed by atoms with Crippen LogP contribution < -0.4 is 14.5 Å². The molecule has 0 radical (unpaired) electrons. The number of nitrogens with zero attached hydrogens (tertiary/aromatic N) is 2. The van der Waals surface area contributed by atoms with Gasteiger partial charge in [-0.25, -0.2) is 0 Å². The Morgan fingerprint density at radius 3 is 2.40 bits per heavy atom. The molecule has 7 rings (SSSR count). The van der Waals surface area contributed by atoms with E-state index in [0.717, 1.165) is 24.4 Å². The van der Waals surface area contributed by atoms with Crippen LogP contribution in [-0.4, -0.2) is 61.9 Å². The van der Waals surface area contributed by atoms with Crippen LogP contribution in [0.15, 0.2) is 75.8 Å². The highest BCUT2D eigenvalue weighted by Gasteiger charge is 2.57. The van der Waals surface area contributed by atoms with E-state index >= 15 is 0 Å². The largest absolute Gasteiger partial charge is 0.508 e. The van der Waals surface area contributed by atoms with Crippen molar-refractivity contribution in [2.75, 3.05) is 43.2 Å². The molecular formula is C33H29BrN2O7. The number of halogens is 1. The maximum absolute atomic E-state index is 14.2. The quantitative estimate of drug-likeness (QED) is 0.299. The number of benzene rings is 2. The third kappa shape index (κ3) is 4.38. The van der Waals surface area contributed by atoms with E-state index in [2.05, 4.69) is 20.8 Å². The topological polar surface area (TPSA) is 113 Å². The molecule has 0 saturated carbocycles. The summed E-state index contributed by atoms with van der Waals surface area (Å²) in [6, 6.07) is 12.2. The molecule has 0 bridgehead atoms. The van der Waals surface area contributed by atoms with Gasteiger partial charge in [-0.2, -0.15) is 0 Å². The summed E-state index contributed by atoms with van der Waals surface area (Å²) in [5.74, 6) is -3.36. The van der Waals surface area contributed by atoms with Gasteiger partial charge in [-0.05, 0) is 77.2 Å². The molecule has 220 valence electrons. The van der Waals surface area contributed by atoms with Crippen molar-refractivity contribution < 1.29 is 33.8 Å². The van der Waals surface area contributed by atoms with Crippen LogP contribution in [0, 0.1) is 17.8 Å². The number of fused-ring (bicyclic) bond motifs is 3. The van der Waals surface area contributed by atoms with Gasteiger partial charge in [0.25, 0.3) is 0 Å². The number of rotatable bonds is 4. The van der Waals surface area contributed by atoms with Crippen molar-refractivity contribution in [1.29, 1.82) is 0 Å². The second kappa shape index (κ2) is 10.6. The molecule has 1 N–H and O–H groups in total. The van der Waals surface area contributed by atoms with Gasteiger partial charge in [0.15, 0.2) is 11.6 Å². The van der Waals surface area contributed by atoms with Crippen molar-refractivity contribution >= 4 is 50.7 Å². The molecule has 4 unspecified atom stereocenters. The molecule has 2 aromatic rings. The Hall–Kier alpha value is -4.02. The molecule has 0 aromatic heterocycles. The van der Waals surface area contributed by atoms with Gasteiger partial charge in [-0.3, -0.25) is 24.1 Å². The minimum absolute atomic E-state index is 0.0500. The van der Waals surface area contributed by atoms with Gasteiger partial charge in [0.05, 0.1) is 42.3 Å². The number of hydrogen-bond acceptors (Lipinski definition) is 8. The first-order chi connectivity index (χ1) is 20.8. The van der Waals surface area contributed by atoms with Gasteiger partial charge < -0.3 is 19.5 Å². The minimum Gasteiger partial charge on any atom is -0.508 e. The number of morpholine rings is 1. The highest BCUT2D eigenvalue weighted by Crippen LogP contribution is 2.56. The summed E-state index contributed by atoms with van der Waals surface area (Å²) in [4.78, 5) is 58.3. The molecule has 0 spiro atoms. The van der Waals surface area contributed by atoms with Crippen molar-refractivity contribution in [3.8, 4) is 11.5 Å². The summed E-state index contributed by atoms with van der Waals surface area (Å²) in [6.07, 6.45) is 3.67. The number of anilines is 2. The lowest BCUT2D eigenvalue weighted by Crippen LogP contribution is -2.39. The number of aromatic hydroxyl groups is 1. The average Bonchev–Trinajstić information content (AvgIpc) is 3.29. The molecule has 9 nitrogen and oxygen atoms in total. The van der Waals surface area contributed by atoms with E-state index in [0.29, 0.717) is 47.8 Å². The lowest BCUT2D eigenvalue weighted by atomic mass is 9.59. The maximum Gasteiger partial charge on any atom is 0.238 e. The fourth-order valence-electron chi connectivity index (χ4n) is 7.34.